The Morgan fingerprint density at radius 3 is 2.60 bits per heavy atom. The number of alkyl halides is 3. The number of carboxylic acid groups (broad SMARTS) is 1. The molecule has 0 spiro atoms. The molecule has 5 nitrogen and oxygen atoms in total. The number of hydrogen-bond donors (Lipinski definition) is 1. The van der Waals surface area contributed by atoms with Crippen LogP contribution in [0.25, 0.3) is 0 Å². The van der Waals surface area contributed by atoms with Gasteiger partial charge in [0.05, 0.1) is 11.4 Å². The fraction of sp³-hybridized carbons (Fsp3) is 0.583. The standard InChI is InChI=1S/C12H14F3N3O2/c1-7-5-16-8(2)9(17-7)18-4-3-11(6-18,10(19)20)12(13,14)15/h5H,3-4,6H2,1-2H3,(H,19,20). The maximum Gasteiger partial charge on any atom is 0.406 e. The second-order valence-electron chi connectivity index (χ2n) is 4.98. The fourth-order valence-electron chi connectivity index (χ4n) is 2.34. The Kier molecular flexibility index (Phi) is 3.35. The Labute approximate surface area is 113 Å². The minimum Gasteiger partial charge on any atom is -0.481 e. The minimum absolute atomic E-state index is 0.00914. The van der Waals surface area contributed by atoms with Crippen LogP contribution in [-0.2, 0) is 4.79 Å². The molecule has 1 aliphatic rings. The Hall–Kier alpha value is -1.86. The molecule has 1 aromatic heterocycles. The summed E-state index contributed by atoms with van der Waals surface area (Å²) in [5.41, 5.74) is -1.67. The number of hydrogen-bond acceptors (Lipinski definition) is 4. The van der Waals surface area contributed by atoms with Crippen LogP contribution in [-0.4, -0.2) is 40.3 Å². The lowest BCUT2D eigenvalue weighted by Crippen LogP contribution is -2.47. The lowest BCUT2D eigenvalue weighted by atomic mass is 9.86. The van der Waals surface area contributed by atoms with Gasteiger partial charge in [-0.05, 0) is 20.3 Å². The van der Waals surface area contributed by atoms with Crippen molar-refractivity contribution < 1.29 is 23.1 Å². The molecule has 8 heteroatoms. The Morgan fingerprint density at radius 2 is 2.10 bits per heavy atom. The number of carboxylic acids is 1. The van der Waals surface area contributed by atoms with Gasteiger partial charge in [-0.2, -0.15) is 13.2 Å². The SMILES string of the molecule is Cc1cnc(C)c(N2CCC(C(=O)O)(C(F)(F)F)C2)n1. The Balaban J connectivity index is 2.36. The summed E-state index contributed by atoms with van der Waals surface area (Å²) in [4.78, 5) is 20.7. The summed E-state index contributed by atoms with van der Waals surface area (Å²) in [6.45, 7) is 2.67. The molecular formula is C12H14F3N3O2. The van der Waals surface area contributed by atoms with Crippen molar-refractivity contribution in [2.75, 3.05) is 18.0 Å². The van der Waals surface area contributed by atoms with E-state index in [-0.39, 0.29) is 6.54 Å². The lowest BCUT2D eigenvalue weighted by Gasteiger charge is -2.27. The van der Waals surface area contributed by atoms with Crippen molar-refractivity contribution >= 4 is 11.8 Å². The zero-order chi connectivity index (χ0) is 15.1. The van der Waals surface area contributed by atoms with Gasteiger partial charge in [0.25, 0.3) is 0 Å². The molecule has 1 saturated heterocycles. The Morgan fingerprint density at radius 1 is 1.45 bits per heavy atom. The van der Waals surface area contributed by atoms with Crippen molar-refractivity contribution in [3.05, 3.63) is 17.6 Å². The van der Waals surface area contributed by atoms with Crippen LogP contribution in [0.1, 0.15) is 17.8 Å². The van der Waals surface area contributed by atoms with E-state index in [0.717, 1.165) is 0 Å². The van der Waals surface area contributed by atoms with Crippen LogP contribution in [0.15, 0.2) is 6.20 Å². The molecule has 1 fully saturated rings. The summed E-state index contributed by atoms with van der Waals surface area (Å²) in [5, 5.41) is 9.01. The molecule has 0 aliphatic carbocycles. The van der Waals surface area contributed by atoms with Gasteiger partial charge in [-0.15, -0.1) is 0 Å². The Bertz CT molecular complexity index is 547. The first-order chi connectivity index (χ1) is 9.17. The van der Waals surface area contributed by atoms with E-state index in [4.69, 9.17) is 5.11 Å². The highest BCUT2D eigenvalue weighted by molar-refractivity contribution is 5.78. The number of anilines is 1. The van der Waals surface area contributed by atoms with Gasteiger partial charge in [-0.1, -0.05) is 0 Å². The predicted octanol–water partition coefficient (Wildman–Crippen LogP) is 1.94. The number of nitrogens with zero attached hydrogens (tertiary/aromatic N) is 3. The van der Waals surface area contributed by atoms with E-state index in [9.17, 15) is 18.0 Å². The summed E-state index contributed by atoms with van der Waals surface area (Å²) in [5.74, 6) is -1.52. The first-order valence-corrected chi connectivity index (χ1v) is 6.03. The molecule has 0 saturated carbocycles. The molecule has 1 unspecified atom stereocenters. The van der Waals surface area contributed by atoms with E-state index >= 15 is 0 Å². The highest BCUT2D eigenvalue weighted by atomic mass is 19.4. The maximum atomic E-state index is 13.1. The third-order valence-electron chi connectivity index (χ3n) is 3.57. The topological polar surface area (TPSA) is 66.3 Å². The van der Waals surface area contributed by atoms with Crippen molar-refractivity contribution in [2.45, 2.75) is 26.4 Å². The predicted molar refractivity (Wildman–Crippen MR) is 64.5 cm³/mol. The largest absolute Gasteiger partial charge is 0.481 e. The van der Waals surface area contributed by atoms with Gasteiger partial charge in [0.2, 0.25) is 0 Å². The quantitative estimate of drug-likeness (QED) is 0.901. The molecule has 1 atom stereocenters. The van der Waals surface area contributed by atoms with E-state index in [1.807, 2.05) is 0 Å². The molecule has 0 radical (unpaired) electrons. The van der Waals surface area contributed by atoms with Gasteiger partial charge < -0.3 is 10.0 Å². The van der Waals surface area contributed by atoms with E-state index in [1.54, 1.807) is 13.8 Å². The average molecular weight is 289 g/mol. The average Bonchev–Trinajstić information content (AvgIpc) is 2.78. The van der Waals surface area contributed by atoms with Crippen LogP contribution in [0.5, 0.6) is 0 Å². The van der Waals surface area contributed by atoms with E-state index in [0.29, 0.717) is 17.2 Å². The molecule has 1 aromatic rings. The summed E-state index contributed by atoms with van der Waals surface area (Å²) in [7, 11) is 0. The van der Waals surface area contributed by atoms with Gasteiger partial charge in [-0.25, -0.2) is 4.98 Å². The van der Waals surface area contributed by atoms with Crippen molar-refractivity contribution in [3.63, 3.8) is 0 Å². The van der Waals surface area contributed by atoms with Crippen LogP contribution in [0.2, 0.25) is 0 Å². The van der Waals surface area contributed by atoms with Gasteiger partial charge in [0.15, 0.2) is 5.41 Å². The molecule has 0 aromatic carbocycles. The number of aliphatic carboxylic acids is 1. The number of aromatic nitrogens is 2. The van der Waals surface area contributed by atoms with Crippen LogP contribution in [0.3, 0.4) is 0 Å². The monoisotopic (exact) mass is 289 g/mol. The van der Waals surface area contributed by atoms with Gasteiger partial charge in [0, 0.05) is 19.3 Å². The lowest BCUT2D eigenvalue weighted by molar-refractivity contribution is -0.225. The first kappa shape index (κ1) is 14.5. The van der Waals surface area contributed by atoms with E-state index < -0.39 is 30.5 Å². The van der Waals surface area contributed by atoms with Crippen molar-refractivity contribution in [1.82, 2.24) is 9.97 Å². The third kappa shape index (κ3) is 2.19. The van der Waals surface area contributed by atoms with Gasteiger partial charge in [0.1, 0.15) is 5.82 Å². The number of aryl methyl sites for hydroxylation is 2. The molecule has 0 amide bonds. The molecule has 110 valence electrons. The zero-order valence-electron chi connectivity index (χ0n) is 11.0. The van der Waals surface area contributed by atoms with Crippen LogP contribution < -0.4 is 4.90 Å². The minimum atomic E-state index is -4.79. The molecule has 2 heterocycles. The second-order valence-corrected chi connectivity index (χ2v) is 4.98. The second kappa shape index (κ2) is 4.60. The highest BCUT2D eigenvalue weighted by Crippen LogP contribution is 2.46. The van der Waals surface area contributed by atoms with Crippen LogP contribution in [0, 0.1) is 19.3 Å². The smallest absolute Gasteiger partial charge is 0.406 e. The molecule has 20 heavy (non-hydrogen) atoms. The maximum absolute atomic E-state index is 13.1. The third-order valence-corrected chi connectivity index (χ3v) is 3.57. The van der Waals surface area contributed by atoms with Crippen molar-refractivity contribution in [3.8, 4) is 0 Å². The summed E-state index contributed by atoms with van der Waals surface area (Å²) in [6.07, 6.45) is -3.76. The number of carbonyl (C=O) groups is 1. The van der Waals surface area contributed by atoms with Crippen molar-refractivity contribution in [2.24, 2.45) is 5.41 Å². The molecule has 0 bridgehead atoms. The summed E-state index contributed by atoms with van der Waals surface area (Å²) < 4.78 is 39.3. The van der Waals surface area contributed by atoms with E-state index in [1.165, 1.54) is 11.1 Å². The zero-order valence-corrected chi connectivity index (χ0v) is 11.0. The molecular weight excluding hydrogens is 275 g/mol. The van der Waals surface area contributed by atoms with Crippen LogP contribution >= 0.6 is 0 Å². The summed E-state index contributed by atoms with van der Waals surface area (Å²) >= 11 is 0. The fourth-order valence-corrected chi connectivity index (χ4v) is 2.34. The normalized spacial score (nSPS) is 23.1. The first-order valence-electron chi connectivity index (χ1n) is 6.03. The van der Waals surface area contributed by atoms with Gasteiger partial charge >= 0.3 is 12.1 Å². The van der Waals surface area contributed by atoms with Gasteiger partial charge in [-0.3, -0.25) is 9.78 Å². The summed E-state index contributed by atoms with van der Waals surface area (Å²) in [6, 6.07) is 0. The number of rotatable bonds is 2. The van der Waals surface area contributed by atoms with Crippen LogP contribution in [0.4, 0.5) is 19.0 Å². The molecule has 1 N–H and O–H groups in total. The molecule has 2 rings (SSSR count). The van der Waals surface area contributed by atoms with E-state index in [2.05, 4.69) is 9.97 Å². The number of halogens is 3. The molecule has 1 aliphatic heterocycles. The highest BCUT2D eigenvalue weighted by Gasteiger charge is 2.64. The van der Waals surface area contributed by atoms with Crippen molar-refractivity contribution in [1.29, 1.82) is 0 Å².